The zero-order chi connectivity index (χ0) is 18.7. The van der Waals surface area contributed by atoms with E-state index >= 15 is 0 Å². The van der Waals surface area contributed by atoms with Crippen molar-refractivity contribution in [2.75, 3.05) is 12.4 Å². The Morgan fingerprint density at radius 1 is 1.27 bits per heavy atom. The van der Waals surface area contributed by atoms with Crippen LogP contribution in [0, 0.1) is 6.92 Å². The maximum atomic E-state index is 12.5. The molecule has 0 saturated heterocycles. The standard InChI is InChI=1S/C19H18BrN3O3/c1-12-3-6-17(26-2)16(9-12)22-18(24)7-8-23-11-21-15-5-4-13(20)10-14(15)19(23)25/h3-6,9-11H,7-8H2,1-2H3,(H,22,24). The lowest BCUT2D eigenvalue weighted by molar-refractivity contribution is -0.116. The Labute approximate surface area is 158 Å². The molecule has 7 heteroatoms. The highest BCUT2D eigenvalue weighted by Crippen LogP contribution is 2.25. The lowest BCUT2D eigenvalue weighted by Gasteiger charge is -2.11. The maximum absolute atomic E-state index is 12.5. The fraction of sp³-hybridized carbons (Fsp3) is 0.211. The van der Waals surface area contributed by atoms with Crippen LogP contribution >= 0.6 is 15.9 Å². The number of anilines is 1. The van der Waals surface area contributed by atoms with Crippen molar-refractivity contribution in [2.45, 2.75) is 19.9 Å². The van der Waals surface area contributed by atoms with Gasteiger partial charge < -0.3 is 10.1 Å². The van der Waals surface area contributed by atoms with E-state index in [-0.39, 0.29) is 24.4 Å². The zero-order valence-electron chi connectivity index (χ0n) is 14.5. The second-order valence-corrected chi connectivity index (χ2v) is 6.82. The first-order chi connectivity index (χ1) is 12.5. The molecule has 26 heavy (non-hydrogen) atoms. The highest BCUT2D eigenvalue weighted by atomic mass is 79.9. The molecule has 0 aliphatic rings. The first kappa shape index (κ1) is 18.1. The molecule has 1 N–H and O–H groups in total. The van der Waals surface area contributed by atoms with Crippen LogP contribution in [0.2, 0.25) is 0 Å². The number of hydrogen-bond donors (Lipinski definition) is 1. The number of amides is 1. The van der Waals surface area contributed by atoms with E-state index in [4.69, 9.17) is 4.74 Å². The molecule has 0 bridgehead atoms. The van der Waals surface area contributed by atoms with Gasteiger partial charge in [0, 0.05) is 17.4 Å². The molecule has 0 aliphatic heterocycles. The number of rotatable bonds is 5. The summed E-state index contributed by atoms with van der Waals surface area (Å²) in [7, 11) is 1.55. The number of halogens is 1. The summed E-state index contributed by atoms with van der Waals surface area (Å²) in [6.45, 7) is 2.18. The van der Waals surface area contributed by atoms with Crippen LogP contribution in [0.25, 0.3) is 10.9 Å². The number of benzene rings is 2. The van der Waals surface area contributed by atoms with Gasteiger partial charge in [-0.15, -0.1) is 0 Å². The Hall–Kier alpha value is -2.67. The molecule has 6 nitrogen and oxygen atoms in total. The summed E-state index contributed by atoms with van der Waals surface area (Å²) >= 11 is 3.36. The minimum atomic E-state index is -0.199. The van der Waals surface area contributed by atoms with E-state index in [1.165, 1.54) is 10.9 Å². The molecule has 2 aromatic carbocycles. The summed E-state index contributed by atoms with van der Waals surface area (Å²) in [5, 5.41) is 3.35. The van der Waals surface area contributed by atoms with Crippen molar-refractivity contribution in [1.29, 1.82) is 0 Å². The Morgan fingerprint density at radius 3 is 2.85 bits per heavy atom. The van der Waals surface area contributed by atoms with Crippen molar-refractivity contribution < 1.29 is 9.53 Å². The number of aryl methyl sites for hydroxylation is 2. The van der Waals surface area contributed by atoms with E-state index in [1.807, 2.05) is 25.1 Å². The van der Waals surface area contributed by atoms with Crippen molar-refractivity contribution in [3.8, 4) is 5.75 Å². The van der Waals surface area contributed by atoms with Gasteiger partial charge in [-0.3, -0.25) is 14.2 Å². The van der Waals surface area contributed by atoms with E-state index in [1.54, 1.807) is 25.3 Å². The molecule has 1 aromatic heterocycles. The molecule has 3 rings (SSSR count). The summed E-state index contributed by atoms with van der Waals surface area (Å²) in [6, 6.07) is 10.9. The van der Waals surface area contributed by atoms with Crippen LogP contribution in [0.3, 0.4) is 0 Å². The smallest absolute Gasteiger partial charge is 0.261 e. The van der Waals surface area contributed by atoms with Gasteiger partial charge in [0.25, 0.3) is 5.56 Å². The molecule has 0 fully saturated rings. The number of hydrogen-bond acceptors (Lipinski definition) is 4. The average molecular weight is 416 g/mol. The number of aromatic nitrogens is 2. The van der Waals surface area contributed by atoms with Crippen LogP contribution in [0.1, 0.15) is 12.0 Å². The first-order valence-electron chi connectivity index (χ1n) is 8.07. The number of nitrogens with zero attached hydrogens (tertiary/aromatic N) is 2. The van der Waals surface area contributed by atoms with Crippen LogP contribution in [0.5, 0.6) is 5.75 Å². The summed E-state index contributed by atoms with van der Waals surface area (Å²) < 4.78 is 7.52. The van der Waals surface area contributed by atoms with Crippen molar-refractivity contribution in [2.24, 2.45) is 0 Å². The van der Waals surface area contributed by atoms with Crippen molar-refractivity contribution in [3.05, 3.63) is 63.1 Å². The molecule has 0 unspecified atom stereocenters. The average Bonchev–Trinajstić information content (AvgIpc) is 2.62. The fourth-order valence-corrected chi connectivity index (χ4v) is 3.01. The third kappa shape index (κ3) is 3.94. The minimum absolute atomic E-state index is 0.151. The van der Waals surface area contributed by atoms with E-state index < -0.39 is 0 Å². The van der Waals surface area contributed by atoms with Crippen LogP contribution in [-0.2, 0) is 11.3 Å². The second kappa shape index (κ2) is 7.70. The SMILES string of the molecule is COc1ccc(C)cc1NC(=O)CCn1cnc2ccc(Br)cc2c1=O. The molecule has 0 spiro atoms. The number of fused-ring (bicyclic) bond motifs is 1. The monoisotopic (exact) mass is 415 g/mol. The molecule has 1 amide bonds. The third-order valence-corrected chi connectivity index (χ3v) is 4.49. The Bertz CT molecular complexity index is 1030. The molecule has 134 valence electrons. The number of carbonyl (C=O) groups excluding carboxylic acids is 1. The first-order valence-corrected chi connectivity index (χ1v) is 8.86. The normalized spacial score (nSPS) is 10.7. The highest BCUT2D eigenvalue weighted by Gasteiger charge is 2.10. The topological polar surface area (TPSA) is 73.2 Å². The predicted octanol–water partition coefficient (Wildman–Crippen LogP) is 3.50. The van der Waals surface area contributed by atoms with Crippen LogP contribution in [0.4, 0.5) is 5.69 Å². The summed E-state index contributed by atoms with van der Waals surface area (Å²) in [5.74, 6) is 0.397. The van der Waals surface area contributed by atoms with Crippen molar-refractivity contribution in [1.82, 2.24) is 9.55 Å². The number of carbonyl (C=O) groups is 1. The summed E-state index contributed by atoms with van der Waals surface area (Å²) in [6.07, 6.45) is 1.62. The molecule has 0 aliphatic carbocycles. The zero-order valence-corrected chi connectivity index (χ0v) is 16.0. The molecule has 0 saturated carbocycles. The minimum Gasteiger partial charge on any atom is -0.495 e. The molecule has 3 aromatic rings. The van der Waals surface area contributed by atoms with Gasteiger partial charge in [0.15, 0.2) is 0 Å². The van der Waals surface area contributed by atoms with E-state index in [0.29, 0.717) is 22.3 Å². The molecular formula is C19H18BrN3O3. The molecular weight excluding hydrogens is 398 g/mol. The number of nitrogens with one attached hydrogen (secondary N) is 1. The largest absolute Gasteiger partial charge is 0.495 e. The van der Waals surface area contributed by atoms with Crippen molar-refractivity contribution in [3.63, 3.8) is 0 Å². The molecule has 0 radical (unpaired) electrons. The van der Waals surface area contributed by atoms with Crippen LogP contribution in [-0.4, -0.2) is 22.6 Å². The van der Waals surface area contributed by atoms with Crippen LogP contribution < -0.4 is 15.6 Å². The van der Waals surface area contributed by atoms with Crippen LogP contribution in [0.15, 0.2) is 52.0 Å². The quantitative estimate of drug-likeness (QED) is 0.691. The van der Waals surface area contributed by atoms with Gasteiger partial charge in [0.05, 0.1) is 30.0 Å². The van der Waals surface area contributed by atoms with E-state index in [0.717, 1.165) is 10.0 Å². The van der Waals surface area contributed by atoms with Gasteiger partial charge in [-0.05, 0) is 42.8 Å². The van der Waals surface area contributed by atoms with Gasteiger partial charge >= 0.3 is 0 Å². The van der Waals surface area contributed by atoms with Gasteiger partial charge in [-0.25, -0.2) is 4.98 Å². The van der Waals surface area contributed by atoms with Crippen molar-refractivity contribution >= 4 is 38.4 Å². The Morgan fingerprint density at radius 2 is 2.08 bits per heavy atom. The lowest BCUT2D eigenvalue weighted by Crippen LogP contribution is -2.23. The van der Waals surface area contributed by atoms with E-state index in [2.05, 4.69) is 26.2 Å². The summed E-state index contributed by atoms with van der Waals surface area (Å²) in [5.41, 5.74) is 2.09. The van der Waals surface area contributed by atoms with Gasteiger partial charge in [-0.1, -0.05) is 22.0 Å². The molecule has 1 heterocycles. The Balaban J connectivity index is 1.74. The second-order valence-electron chi connectivity index (χ2n) is 5.91. The van der Waals surface area contributed by atoms with Gasteiger partial charge in [0.1, 0.15) is 5.75 Å². The third-order valence-electron chi connectivity index (χ3n) is 3.99. The van der Waals surface area contributed by atoms with E-state index in [9.17, 15) is 9.59 Å². The number of ether oxygens (including phenoxy) is 1. The fourth-order valence-electron chi connectivity index (χ4n) is 2.64. The van der Waals surface area contributed by atoms with Gasteiger partial charge in [-0.2, -0.15) is 0 Å². The highest BCUT2D eigenvalue weighted by molar-refractivity contribution is 9.10. The predicted molar refractivity (Wildman–Crippen MR) is 105 cm³/mol. The molecule has 0 atom stereocenters. The summed E-state index contributed by atoms with van der Waals surface area (Å²) in [4.78, 5) is 29.1. The lowest BCUT2D eigenvalue weighted by atomic mass is 10.2. The maximum Gasteiger partial charge on any atom is 0.261 e. The Kier molecular flexibility index (Phi) is 5.37. The van der Waals surface area contributed by atoms with Gasteiger partial charge in [0.2, 0.25) is 5.91 Å². The number of methoxy groups -OCH3 is 1.